The van der Waals surface area contributed by atoms with Crippen molar-refractivity contribution >= 4 is 43.7 Å². The van der Waals surface area contributed by atoms with Gasteiger partial charge in [0.15, 0.2) is 0 Å². The topological polar surface area (TPSA) is 54.8 Å². The molecule has 0 aliphatic carbocycles. The number of nitrogens with zero attached hydrogens (tertiary/aromatic N) is 3. The highest BCUT2D eigenvalue weighted by Crippen LogP contribution is 2.40. The Labute approximate surface area is 220 Å². The Kier molecular flexibility index (Phi) is 4.74. The normalized spacial score (nSPS) is 12.1. The van der Waals surface area contributed by atoms with Gasteiger partial charge in [-0.25, -0.2) is 4.98 Å². The number of rotatable bonds is 2. The van der Waals surface area contributed by atoms with Crippen LogP contribution >= 0.6 is 0 Å². The van der Waals surface area contributed by atoms with Crippen LogP contribution in [0.5, 0.6) is 0 Å². The highest BCUT2D eigenvalue weighted by atomic mass is 16.3. The summed E-state index contributed by atoms with van der Waals surface area (Å²) < 4.78 is 8.62. The van der Waals surface area contributed by atoms with Gasteiger partial charge in [0.2, 0.25) is 0 Å². The maximum atomic E-state index is 9.92. The maximum absolute atomic E-state index is 9.92. The van der Waals surface area contributed by atoms with Gasteiger partial charge in [0.25, 0.3) is 0 Å². The van der Waals surface area contributed by atoms with Gasteiger partial charge in [-0.15, -0.1) is 0 Å². The Morgan fingerprint density at radius 3 is 2.29 bits per heavy atom. The fourth-order valence-corrected chi connectivity index (χ4v) is 5.46. The van der Waals surface area contributed by atoms with E-state index in [9.17, 15) is 5.26 Å². The molecule has 5 aromatic carbocycles. The van der Waals surface area contributed by atoms with Crippen LogP contribution in [-0.4, -0.2) is 9.55 Å². The van der Waals surface area contributed by atoms with E-state index in [1.165, 1.54) is 5.56 Å². The summed E-state index contributed by atoms with van der Waals surface area (Å²) in [5, 5.41) is 13.9. The minimum atomic E-state index is 0.0577. The number of furan rings is 1. The molecule has 7 aromatic rings. The van der Waals surface area contributed by atoms with Crippen molar-refractivity contribution in [2.24, 2.45) is 0 Å². The predicted molar refractivity (Wildman–Crippen MR) is 155 cm³/mol. The van der Waals surface area contributed by atoms with Gasteiger partial charge < -0.3 is 4.42 Å². The van der Waals surface area contributed by atoms with Crippen LogP contribution in [0.25, 0.3) is 60.8 Å². The SMILES string of the molecule is CC(C)(C)c1ccc(-n2c(-c3ccc(C#N)c4c3oc3ccccc34)nc3c4ccccc4ccc32)cc1. The van der Waals surface area contributed by atoms with Gasteiger partial charge in [-0.05, 0) is 52.8 Å². The fraction of sp³-hybridized carbons (Fsp3) is 0.118. The minimum absolute atomic E-state index is 0.0577. The van der Waals surface area contributed by atoms with Crippen LogP contribution in [-0.2, 0) is 5.41 Å². The fourth-order valence-electron chi connectivity index (χ4n) is 5.46. The second kappa shape index (κ2) is 8.06. The van der Waals surface area contributed by atoms with Crippen molar-refractivity contribution in [2.45, 2.75) is 26.2 Å². The number of hydrogen-bond donors (Lipinski definition) is 0. The molecule has 0 aliphatic rings. The molecular weight excluding hydrogens is 466 g/mol. The van der Waals surface area contributed by atoms with Gasteiger partial charge in [0.05, 0.1) is 28.2 Å². The van der Waals surface area contributed by atoms with E-state index in [0.717, 1.165) is 55.2 Å². The highest BCUT2D eigenvalue weighted by molar-refractivity contribution is 6.13. The van der Waals surface area contributed by atoms with E-state index in [4.69, 9.17) is 9.40 Å². The van der Waals surface area contributed by atoms with Crippen molar-refractivity contribution in [2.75, 3.05) is 0 Å². The molecule has 0 fully saturated rings. The van der Waals surface area contributed by atoms with E-state index in [1.807, 2.05) is 36.4 Å². The van der Waals surface area contributed by atoms with E-state index in [1.54, 1.807) is 0 Å². The molecule has 0 N–H and O–H groups in total. The lowest BCUT2D eigenvalue weighted by atomic mass is 9.87. The van der Waals surface area contributed by atoms with E-state index < -0.39 is 0 Å². The standard InChI is InChI=1S/C34H25N3O/c1-34(2,3)23-14-16-24(17-15-23)37-28-19-13-21-8-4-5-9-25(21)31(28)36-33(37)27-18-12-22(20-35)30-26-10-6-7-11-29(26)38-32(27)30/h4-19H,1-3H3. The smallest absolute Gasteiger partial charge is 0.149 e. The molecule has 4 nitrogen and oxygen atoms in total. The summed E-state index contributed by atoms with van der Waals surface area (Å²) in [5.41, 5.74) is 7.21. The summed E-state index contributed by atoms with van der Waals surface area (Å²) in [7, 11) is 0. The molecule has 0 saturated carbocycles. The van der Waals surface area contributed by atoms with Gasteiger partial charge in [-0.2, -0.15) is 5.26 Å². The molecule has 0 aliphatic heterocycles. The Balaban J connectivity index is 1.60. The average Bonchev–Trinajstić information content (AvgIpc) is 3.52. The Hall–Kier alpha value is -4.88. The summed E-state index contributed by atoms with van der Waals surface area (Å²) in [5.74, 6) is 0.786. The zero-order valence-electron chi connectivity index (χ0n) is 21.5. The minimum Gasteiger partial charge on any atom is -0.455 e. The number of benzene rings is 5. The van der Waals surface area contributed by atoms with Crippen LogP contribution in [0, 0.1) is 11.3 Å². The summed E-state index contributed by atoms with van der Waals surface area (Å²) in [4.78, 5) is 5.25. The number of para-hydroxylation sites is 1. The third-order valence-electron chi connectivity index (χ3n) is 7.43. The monoisotopic (exact) mass is 491 g/mol. The summed E-state index contributed by atoms with van der Waals surface area (Å²) in [6.45, 7) is 6.67. The third-order valence-corrected chi connectivity index (χ3v) is 7.43. The zero-order valence-corrected chi connectivity index (χ0v) is 21.5. The molecule has 0 unspecified atom stereocenters. The lowest BCUT2D eigenvalue weighted by Crippen LogP contribution is -2.11. The molecule has 182 valence electrons. The lowest BCUT2D eigenvalue weighted by Gasteiger charge is -2.19. The lowest BCUT2D eigenvalue weighted by molar-refractivity contribution is 0.590. The first-order chi connectivity index (χ1) is 18.4. The van der Waals surface area contributed by atoms with Crippen molar-refractivity contribution in [1.82, 2.24) is 9.55 Å². The van der Waals surface area contributed by atoms with E-state index in [0.29, 0.717) is 11.1 Å². The predicted octanol–water partition coefficient (Wildman–Crippen LogP) is 8.91. The van der Waals surface area contributed by atoms with Crippen molar-refractivity contribution < 1.29 is 4.42 Å². The van der Waals surface area contributed by atoms with Gasteiger partial charge in [0, 0.05) is 21.8 Å². The first-order valence-electron chi connectivity index (χ1n) is 12.8. The molecule has 2 aromatic heterocycles. The Bertz CT molecular complexity index is 2060. The molecule has 0 saturated heterocycles. The molecule has 0 radical (unpaired) electrons. The first-order valence-corrected chi connectivity index (χ1v) is 12.8. The van der Waals surface area contributed by atoms with Crippen molar-refractivity contribution in [3.05, 3.63) is 108 Å². The van der Waals surface area contributed by atoms with Crippen LogP contribution in [0.2, 0.25) is 0 Å². The third kappa shape index (κ3) is 3.26. The van der Waals surface area contributed by atoms with Gasteiger partial charge >= 0.3 is 0 Å². The number of aromatic nitrogens is 2. The summed E-state index contributed by atoms with van der Waals surface area (Å²) >= 11 is 0. The molecule has 4 heteroatoms. The number of nitriles is 1. The highest BCUT2D eigenvalue weighted by Gasteiger charge is 2.23. The van der Waals surface area contributed by atoms with Crippen LogP contribution in [0.1, 0.15) is 31.9 Å². The molecule has 0 amide bonds. The van der Waals surface area contributed by atoms with Gasteiger partial charge in [0.1, 0.15) is 17.0 Å². The van der Waals surface area contributed by atoms with E-state index >= 15 is 0 Å². The quantitative estimate of drug-likeness (QED) is 0.243. The Morgan fingerprint density at radius 2 is 1.53 bits per heavy atom. The van der Waals surface area contributed by atoms with Crippen LogP contribution < -0.4 is 0 Å². The molecule has 2 heterocycles. The van der Waals surface area contributed by atoms with E-state index in [-0.39, 0.29) is 5.41 Å². The number of fused-ring (bicyclic) bond motifs is 6. The molecule has 0 spiro atoms. The van der Waals surface area contributed by atoms with Gasteiger partial charge in [-0.1, -0.05) is 81.4 Å². The van der Waals surface area contributed by atoms with Gasteiger partial charge in [-0.3, -0.25) is 4.57 Å². The summed E-state index contributed by atoms with van der Waals surface area (Å²) in [6, 6.07) is 35.4. The molecule has 38 heavy (non-hydrogen) atoms. The molecular formula is C34H25N3O. The largest absolute Gasteiger partial charge is 0.455 e. The summed E-state index contributed by atoms with van der Waals surface area (Å²) in [6.07, 6.45) is 0. The average molecular weight is 492 g/mol. The maximum Gasteiger partial charge on any atom is 0.149 e. The van der Waals surface area contributed by atoms with Crippen LogP contribution in [0.4, 0.5) is 0 Å². The van der Waals surface area contributed by atoms with E-state index in [2.05, 4.69) is 92.1 Å². The molecule has 7 rings (SSSR count). The van der Waals surface area contributed by atoms with Crippen molar-refractivity contribution in [3.63, 3.8) is 0 Å². The second-order valence-corrected chi connectivity index (χ2v) is 10.8. The molecule has 0 atom stereocenters. The second-order valence-electron chi connectivity index (χ2n) is 10.8. The van der Waals surface area contributed by atoms with Crippen LogP contribution in [0.15, 0.2) is 101 Å². The zero-order chi connectivity index (χ0) is 26.0. The Morgan fingerprint density at radius 1 is 0.789 bits per heavy atom. The number of imidazole rings is 1. The molecule has 0 bridgehead atoms. The van der Waals surface area contributed by atoms with Crippen LogP contribution in [0.3, 0.4) is 0 Å². The number of hydrogen-bond acceptors (Lipinski definition) is 3. The first kappa shape index (κ1) is 22.3. The van der Waals surface area contributed by atoms with Crippen molar-refractivity contribution in [1.29, 1.82) is 5.26 Å². The van der Waals surface area contributed by atoms with Crippen molar-refractivity contribution in [3.8, 4) is 23.1 Å².